The second kappa shape index (κ2) is 9.52. The van der Waals surface area contributed by atoms with Gasteiger partial charge in [-0.2, -0.15) is 15.5 Å². The Balaban J connectivity index is 1.12. The van der Waals surface area contributed by atoms with Gasteiger partial charge in [-0.05, 0) is 43.0 Å². The molecule has 0 aliphatic carbocycles. The number of piperidine rings is 1. The Morgan fingerprint density at radius 3 is 2.49 bits per heavy atom. The van der Waals surface area contributed by atoms with E-state index >= 15 is 0 Å². The summed E-state index contributed by atoms with van der Waals surface area (Å²) < 4.78 is 3.56. The number of hydrogen-bond donors (Lipinski definition) is 0. The third kappa shape index (κ3) is 4.24. The maximum absolute atomic E-state index is 9.72. The Bertz CT molecular complexity index is 1690. The molecule has 3 aliphatic heterocycles. The van der Waals surface area contributed by atoms with Crippen molar-refractivity contribution in [1.82, 2.24) is 34.3 Å². The molecule has 0 amide bonds. The molecule has 9 nitrogen and oxygen atoms in total. The molecule has 10 heteroatoms. The molecule has 2 bridgehead atoms. The van der Waals surface area contributed by atoms with E-state index in [0.717, 1.165) is 58.9 Å². The standard InChI is InChI=1S/C29H27N9S/c1-35-14-22(12-33-35)20-7-27(29-21(9-30)11-34-38(29)15-20)19-3-6-28(32-10-19)36-17-24-8-25(18-36)37(24)16-23-4-5-26(39-2)13-31-23/h3-7,10-15,24-25H,8,16-18H2,1-2H3. The average molecular weight is 534 g/mol. The van der Waals surface area contributed by atoms with Crippen LogP contribution >= 0.6 is 11.8 Å². The molecular formula is C29H27N9S. The number of anilines is 1. The SMILES string of the molecule is CSc1ccc(CN2C3CC2CN(c2ccc(-c4cc(-c5cnn(C)c5)cn5ncc(C#N)c45)cn2)C3)nc1. The van der Waals surface area contributed by atoms with E-state index in [1.165, 1.54) is 11.3 Å². The lowest BCUT2D eigenvalue weighted by Crippen LogP contribution is -2.68. The Kier molecular flexibility index (Phi) is 5.83. The highest BCUT2D eigenvalue weighted by Gasteiger charge is 2.44. The first-order valence-corrected chi connectivity index (χ1v) is 14.2. The Hall–Kier alpha value is -4.20. The van der Waals surface area contributed by atoms with Gasteiger partial charge in [0.15, 0.2) is 0 Å². The van der Waals surface area contributed by atoms with Crippen molar-refractivity contribution in [3.8, 4) is 28.3 Å². The summed E-state index contributed by atoms with van der Waals surface area (Å²) in [5, 5.41) is 18.5. The predicted molar refractivity (Wildman–Crippen MR) is 151 cm³/mol. The lowest BCUT2D eigenvalue weighted by Gasteiger charge is -2.56. The fraction of sp³-hybridized carbons (Fsp3) is 0.276. The quantitative estimate of drug-likeness (QED) is 0.299. The molecule has 2 atom stereocenters. The van der Waals surface area contributed by atoms with Crippen molar-refractivity contribution < 1.29 is 0 Å². The number of rotatable bonds is 6. The van der Waals surface area contributed by atoms with Crippen molar-refractivity contribution in [3.05, 3.63) is 78.8 Å². The summed E-state index contributed by atoms with van der Waals surface area (Å²) in [6, 6.07) is 13.9. The average Bonchev–Trinajstić information content (AvgIpc) is 3.62. The molecule has 5 aromatic heterocycles. The van der Waals surface area contributed by atoms with E-state index in [0.29, 0.717) is 17.6 Å². The number of nitrogens with zero attached hydrogens (tertiary/aromatic N) is 9. The summed E-state index contributed by atoms with van der Waals surface area (Å²) in [4.78, 5) is 15.7. The van der Waals surface area contributed by atoms with Crippen molar-refractivity contribution in [2.45, 2.75) is 29.9 Å². The van der Waals surface area contributed by atoms with E-state index in [2.05, 4.69) is 67.6 Å². The van der Waals surface area contributed by atoms with Crippen LogP contribution in [0.2, 0.25) is 0 Å². The zero-order valence-electron chi connectivity index (χ0n) is 21.8. The van der Waals surface area contributed by atoms with Crippen molar-refractivity contribution in [3.63, 3.8) is 0 Å². The number of fused-ring (bicyclic) bond motifs is 3. The van der Waals surface area contributed by atoms with Crippen LogP contribution in [-0.2, 0) is 13.6 Å². The van der Waals surface area contributed by atoms with Gasteiger partial charge in [-0.15, -0.1) is 11.8 Å². The van der Waals surface area contributed by atoms with Crippen LogP contribution in [0.5, 0.6) is 0 Å². The summed E-state index contributed by atoms with van der Waals surface area (Å²) >= 11 is 1.72. The second-order valence-corrected chi connectivity index (χ2v) is 11.1. The molecule has 8 rings (SSSR count). The molecule has 3 aliphatic rings. The number of aromatic nitrogens is 6. The number of piperazine rings is 1. The zero-order valence-corrected chi connectivity index (χ0v) is 22.6. The number of thioether (sulfide) groups is 1. The molecule has 0 spiro atoms. The highest BCUT2D eigenvalue weighted by molar-refractivity contribution is 7.98. The van der Waals surface area contributed by atoms with Gasteiger partial charge in [0, 0.05) is 90.7 Å². The minimum absolute atomic E-state index is 0.521. The van der Waals surface area contributed by atoms with Crippen molar-refractivity contribution in [1.29, 1.82) is 5.26 Å². The highest BCUT2D eigenvalue weighted by Crippen LogP contribution is 2.36. The minimum Gasteiger partial charge on any atom is -0.353 e. The first kappa shape index (κ1) is 23.9. The number of hydrogen-bond acceptors (Lipinski definition) is 8. The summed E-state index contributed by atoms with van der Waals surface area (Å²) in [5.41, 5.74) is 6.32. The molecule has 3 saturated heterocycles. The molecule has 0 radical (unpaired) electrons. The molecule has 5 aromatic rings. The maximum atomic E-state index is 9.72. The molecule has 2 unspecified atom stereocenters. The molecule has 0 N–H and O–H groups in total. The van der Waals surface area contributed by atoms with E-state index in [9.17, 15) is 5.26 Å². The number of nitriles is 1. The van der Waals surface area contributed by atoms with E-state index < -0.39 is 0 Å². The van der Waals surface area contributed by atoms with E-state index in [1.54, 1.807) is 27.2 Å². The summed E-state index contributed by atoms with van der Waals surface area (Å²) in [6.07, 6.45) is 14.6. The maximum Gasteiger partial charge on any atom is 0.128 e. The van der Waals surface area contributed by atoms with Gasteiger partial charge in [-0.25, -0.2) is 9.50 Å². The van der Waals surface area contributed by atoms with Gasteiger partial charge in [0.05, 0.1) is 29.2 Å². The first-order chi connectivity index (χ1) is 19.1. The van der Waals surface area contributed by atoms with Gasteiger partial charge in [-0.1, -0.05) is 0 Å². The van der Waals surface area contributed by atoms with Crippen LogP contribution in [0, 0.1) is 11.3 Å². The van der Waals surface area contributed by atoms with E-state index in [1.807, 2.05) is 38.0 Å². The van der Waals surface area contributed by atoms with Gasteiger partial charge in [-0.3, -0.25) is 14.6 Å². The van der Waals surface area contributed by atoms with Crippen molar-refractivity contribution >= 4 is 23.1 Å². The Labute approximate surface area is 230 Å². The third-order valence-electron chi connectivity index (χ3n) is 7.88. The summed E-state index contributed by atoms with van der Waals surface area (Å²) in [5.74, 6) is 0.990. The molecule has 8 heterocycles. The van der Waals surface area contributed by atoms with Crippen LogP contribution in [0.3, 0.4) is 0 Å². The van der Waals surface area contributed by atoms with Crippen LogP contribution in [0.1, 0.15) is 17.7 Å². The summed E-state index contributed by atoms with van der Waals surface area (Å²) in [6.45, 7) is 2.83. The fourth-order valence-electron chi connectivity index (χ4n) is 5.83. The highest BCUT2D eigenvalue weighted by atomic mass is 32.2. The molecule has 0 saturated carbocycles. The topological polar surface area (TPSA) is 91.2 Å². The normalized spacial score (nSPS) is 18.7. The van der Waals surface area contributed by atoms with Gasteiger partial charge >= 0.3 is 0 Å². The van der Waals surface area contributed by atoms with Crippen LogP contribution in [0.25, 0.3) is 27.8 Å². The minimum atomic E-state index is 0.521. The first-order valence-electron chi connectivity index (χ1n) is 13.0. The van der Waals surface area contributed by atoms with Gasteiger partial charge in [0.1, 0.15) is 11.9 Å². The lowest BCUT2D eigenvalue weighted by atomic mass is 9.87. The van der Waals surface area contributed by atoms with Crippen LogP contribution in [0.4, 0.5) is 5.82 Å². The van der Waals surface area contributed by atoms with Gasteiger partial charge < -0.3 is 4.90 Å². The van der Waals surface area contributed by atoms with Crippen LogP contribution < -0.4 is 4.90 Å². The van der Waals surface area contributed by atoms with E-state index in [4.69, 9.17) is 4.98 Å². The molecular weight excluding hydrogens is 506 g/mol. The zero-order chi connectivity index (χ0) is 26.5. The monoisotopic (exact) mass is 533 g/mol. The molecule has 194 valence electrons. The lowest BCUT2D eigenvalue weighted by molar-refractivity contribution is -0.00969. The predicted octanol–water partition coefficient (Wildman–Crippen LogP) is 4.25. The summed E-state index contributed by atoms with van der Waals surface area (Å²) in [7, 11) is 1.90. The second-order valence-electron chi connectivity index (χ2n) is 10.2. The van der Waals surface area contributed by atoms with Crippen LogP contribution in [-0.4, -0.2) is 65.7 Å². The Morgan fingerprint density at radius 2 is 1.82 bits per heavy atom. The fourth-order valence-corrected chi connectivity index (χ4v) is 6.19. The largest absolute Gasteiger partial charge is 0.353 e. The van der Waals surface area contributed by atoms with Crippen molar-refractivity contribution in [2.24, 2.45) is 7.05 Å². The smallest absolute Gasteiger partial charge is 0.128 e. The number of aryl methyl sites for hydroxylation is 1. The van der Waals surface area contributed by atoms with Gasteiger partial charge in [0.2, 0.25) is 0 Å². The third-order valence-corrected chi connectivity index (χ3v) is 8.59. The molecule has 0 aromatic carbocycles. The molecule has 3 fully saturated rings. The molecule has 39 heavy (non-hydrogen) atoms. The van der Waals surface area contributed by atoms with Crippen LogP contribution in [0.15, 0.2) is 72.4 Å². The van der Waals surface area contributed by atoms with Crippen molar-refractivity contribution in [2.75, 3.05) is 24.2 Å². The Morgan fingerprint density at radius 1 is 0.949 bits per heavy atom. The number of pyridine rings is 3. The van der Waals surface area contributed by atoms with Gasteiger partial charge in [0.25, 0.3) is 0 Å². The van der Waals surface area contributed by atoms with E-state index in [-0.39, 0.29) is 0 Å².